The van der Waals surface area contributed by atoms with Gasteiger partial charge in [0.1, 0.15) is 6.61 Å². The molecule has 120 valence electrons. The fourth-order valence-electron chi connectivity index (χ4n) is 1.84. The van der Waals surface area contributed by atoms with Crippen molar-refractivity contribution in [1.29, 1.82) is 0 Å². The van der Waals surface area contributed by atoms with E-state index in [9.17, 15) is 4.79 Å². The lowest BCUT2D eigenvalue weighted by Gasteiger charge is -2.20. The van der Waals surface area contributed by atoms with Crippen molar-refractivity contribution in [3.05, 3.63) is 59.9 Å². The van der Waals surface area contributed by atoms with Gasteiger partial charge in [-0.1, -0.05) is 29.4 Å². The van der Waals surface area contributed by atoms with Crippen molar-refractivity contribution in [2.75, 3.05) is 19.3 Å². The summed E-state index contributed by atoms with van der Waals surface area (Å²) in [4.78, 5) is 26.0. The average Bonchev–Trinajstić information content (AvgIpc) is 2.61. The average molecular weight is 315 g/mol. The van der Waals surface area contributed by atoms with E-state index in [0.29, 0.717) is 5.69 Å². The first-order chi connectivity index (χ1) is 11.3. The molecule has 7 nitrogen and oxygen atoms in total. The Morgan fingerprint density at radius 1 is 1.26 bits per heavy atom. The van der Waals surface area contributed by atoms with Crippen LogP contribution in [0, 0.1) is 0 Å². The third-order valence-electron chi connectivity index (χ3n) is 2.91. The third-order valence-corrected chi connectivity index (χ3v) is 2.91. The predicted molar refractivity (Wildman–Crippen MR) is 85.0 cm³/mol. The maximum absolute atomic E-state index is 11.7. The molecule has 23 heavy (non-hydrogen) atoms. The standard InChI is InChI=1S/C16H17N3O4/c1-21-16(20)19(22-2)15-8-4-3-7-14(15)12-23-18-11-13-6-5-9-17-10-13/h3-11H,12H2,1-2H3. The molecule has 0 aliphatic heterocycles. The predicted octanol–water partition coefficient (Wildman–Crippen LogP) is 2.77. The maximum atomic E-state index is 11.7. The largest absolute Gasteiger partial charge is 0.451 e. The first-order valence-corrected chi connectivity index (χ1v) is 6.81. The molecule has 0 saturated carbocycles. The summed E-state index contributed by atoms with van der Waals surface area (Å²) in [6.45, 7) is 0.170. The molecule has 0 bridgehead atoms. The van der Waals surface area contributed by atoms with Crippen molar-refractivity contribution >= 4 is 18.0 Å². The molecule has 0 radical (unpaired) electrons. The van der Waals surface area contributed by atoms with Gasteiger partial charge >= 0.3 is 6.09 Å². The van der Waals surface area contributed by atoms with Crippen LogP contribution in [0.1, 0.15) is 11.1 Å². The lowest BCUT2D eigenvalue weighted by molar-refractivity contribution is 0.111. The minimum Gasteiger partial charge on any atom is -0.451 e. The Morgan fingerprint density at radius 2 is 2.09 bits per heavy atom. The quantitative estimate of drug-likeness (QED) is 0.605. The van der Waals surface area contributed by atoms with E-state index < -0.39 is 6.09 Å². The number of carbonyl (C=O) groups is 1. The molecule has 0 aliphatic carbocycles. The van der Waals surface area contributed by atoms with Gasteiger partial charge in [0.05, 0.1) is 26.1 Å². The number of aromatic nitrogens is 1. The zero-order valence-corrected chi connectivity index (χ0v) is 12.9. The minimum absolute atomic E-state index is 0.170. The van der Waals surface area contributed by atoms with Gasteiger partial charge in [0.15, 0.2) is 0 Å². The van der Waals surface area contributed by atoms with E-state index in [1.165, 1.54) is 14.2 Å². The molecule has 0 aliphatic rings. The third kappa shape index (κ3) is 4.52. The summed E-state index contributed by atoms with van der Waals surface area (Å²) in [6.07, 6.45) is 4.29. The molecule has 1 amide bonds. The van der Waals surface area contributed by atoms with Crippen LogP contribution in [0.15, 0.2) is 53.9 Å². The number of anilines is 1. The molecule has 1 heterocycles. The van der Waals surface area contributed by atoms with Gasteiger partial charge in [0, 0.05) is 23.5 Å². The smallest absolute Gasteiger partial charge is 0.438 e. The van der Waals surface area contributed by atoms with Crippen LogP contribution in [0.3, 0.4) is 0 Å². The van der Waals surface area contributed by atoms with Gasteiger partial charge in [-0.05, 0) is 12.1 Å². The number of hydroxylamine groups is 1. The van der Waals surface area contributed by atoms with E-state index in [-0.39, 0.29) is 6.61 Å². The Balaban J connectivity index is 2.05. The summed E-state index contributed by atoms with van der Waals surface area (Å²) < 4.78 is 4.68. The first kappa shape index (κ1) is 16.4. The molecule has 0 unspecified atom stereocenters. The SMILES string of the molecule is COC(=O)N(OC)c1ccccc1CON=Cc1cccnc1. The van der Waals surface area contributed by atoms with Crippen LogP contribution >= 0.6 is 0 Å². The summed E-state index contributed by atoms with van der Waals surface area (Å²) in [6, 6.07) is 10.8. The molecule has 2 aromatic rings. The number of rotatable bonds is 6. The molecule has 0 atom stereocenters. The number of hydrogen-bond acceptors (Lipinski definition) is 6. The first-order valence-electron chi connectivity index (χ1n) is 6.81. The second-order valence-electron chi connectivity index (χ2n) is 4.37. The number of carbonyl (C=O) groups excluding carboxylic acids is 1. The van der Waals surface area contributed by atoms with Crippen LogP contribution in [0.2, 0.25) is 0 Å². The van der Waals surface area contributed by atoms with E-state index in [1.54, 1.807) is 30.7 Å². The Bertz CT molecular complexity index is 661. The van der Waals surface area contributed by atoms with Gasteiger partial charge in [-0.25, -0.2) is 4.79 Å². The van der Waals surface area contributed by atoms with Crippen LogP contribution in [0.25, 0.3) is 0 Å². The van der Waals surface area contributed by atoms with Crippen molar-refractivity contribution < 1.29 is 19.2 Å². The zero-order valence-electron chi connectivity index (χ0n) is 12.9. The van der Waals surface area contributed by atoms with E-state index >= 15 is 0 Å². The van der Waals surface area contributed by atoms with Crippen molar-refractivity contribution in [2.45, 2.75) is 6.61 Å². The van der Waals surface area contributed by atoms with Crippen molar-refractivity contribution in [3.63, 3.8) is 0 Å². The van der Waals surface area contributed by atoms with Gasteiger partial charge in [0.25, 0.3) is 0 Å². The monoisotopic (exact) mass is 315 g/mol. The molecular formula is C16H17N3O4. The fourth-order valence-corrected chi connectivity index (χ4v) is 1.84. The van der Waals surface area contributed by atoms with Crippen molar-refractivity contribution in [2.24, 2.45) is 5.16 Å². The van der Waals surface area contributed by atoms with Crippen molar-refractivity contribution in [3.8, 4) is 0 Å². The molecule has 0 spiro atoms. The number of hydrogen-bond donors (Lipinski definition) is 0. The van der Waals surface area contributed by atoms with Gasteiger partial charge in [-0.2, -0.15) is 5.06 Å². The Morgan fingerprint density at radius 3 is 2.78 bits per heavy atom. The van der Waals surface area contributed by atoms with Crippen LogP contribution in [-0.2, 0) is 21.0 Å². The minimum atomic E-state index is -0.626. The number of benzene rings is 1. The number of methoxy groups -OCH3 is 1. The number of oxime groups is 1. The highest BCUT2D eigenvalue weighted by Crippen LogP contribution is 2.22. The highest BCUT2D eigenvalue weighted by Gasteiger charge is 2.19. The summed E-state index contributed by atoms with van der Waals surface area (Å²) in [5.41, 5.74) is 2.08. The number of amides is 1. The summed E-state index contributed by atoms with van der Waals surface area (Å²) in [5, 5.41) is 4.93. The molecule has 0 saturated heterocycles. The molecule has 1 aromatic heterocycles. The van der Waals surface area contributed by atoms with Gasteiger partial charge < -0.3 is 9.57 Å². The maximum Gasteiger partial charge on any atom is 0.438 e. The van der Waals surface area contributed by atoms with Crippen molar-refractivity contribution in [1.82, 2.24) is 4.98 Å². The van der Waals surface area contributed by atoms with E-state index in [2.05, 4.69) is 14.9 Å². The number of nitrogens with zero attached hydrogens (tertiary/aromatic N) is 3. The Labute approximate surface area is 134 Å². The molecule has 0 N–H and O–H groups in total. The summed E-state index contributed by atoms with van der Waals surface area (Å²) in [5.74, 6) is 0. The second kappa shape index (κ2) is 8.50. The van der Waals surface area contributed by atoms with Gasteiger partial charge in [-0.3, -0.25) is 9.82 Å². The Hall–Kier alpha value is -2.93. The van der Waals surface area contributed by atoms with E-state index in [1.807, 2.05) is 24.3 Å². The number of pyridine rings is 1. The fraction of sp³-hybridized carbons (Fsp3) is 0.188. The van der Waals surface area contributed by atoms with Crippen LogP contribution < -0.4 is 5.06 Å². The topological polar surface area (TPSA) is 73.2 Å². The van der Waals surface area contributed by atoms with E-state index in [0.717, 1.165) is 16.2 Å². The van der Waals surface area contributed by atoms with Crippen LogP contribution in [0.5, 0.6) is 0 Å². The lowest BCUT2D eigenvalue weighted by atomic mass is 10.2. The number of para-hydroxylation sites is 1. The number of ether oxygens (including phenoxy) is 1. The molecule has 0 fully saturated rings. The summed E-state index contributed by atoms with van der Waals surface area (Å²) in [7, 11) is 2.67. The van der Waals surface area contributed by atoms with Crippen LogP contribution in [0.4, 0.5) is 10.5 Å². The lowest BCUT2D eigenvalue weighted by Crippen LogP contribution is -2.30. The van der Waals surface area contributed by atoms with Gasteiger partial charge in [-0.15, -0.1) is 0 Å². The highest BCUT2D eigenvalue weighted by molar-refractivity contribution is 5.86. The molecular weight excluding hydrogens is 298 g/mol. The molecule has 2 rings (SSSR count). The normalized spacial score (nSPS) is 10.5. The van der Waals surface area contributed by atoms with Gasteiger partial charge in [0.2, 0.25) is 0 Å². The van der Waals surface area contributed by atoms with Crippen LogP contribution in [-0.4, -0.2) is 31.5 Å². The molecule has 1 aromatic carbocycles. The second-order valence-corrected chi connectivity index (χ2v) is 4.37. The summed E-state index contributed by atoms with van der Waals surface area (Å²) >= 11 is 0. The Kier molecular flexibility index (Phi) is 6.07. The highest BCUT2D eigenvalue weighted by atomic mass is 16.7. The van der Waals surface area contributed by atoms with E-state index in [4.69, 9.17) is 9.68 Å². The molecule has 7 heteroatoms. The zero-order chi connectivity index (χ0) is 16.5.